The summed E-state index contributed by atoms with van der Waals surface area (Å²) in [5.74, 6) is -0.365. The standard InChI is InChI=1S/C12H13NO2/c1-9-5-6-10(8-14)7-11(9)3-2-4-12(13)15/h2-3,5-8H,4H2,1H3,(H2,13,15). The van der Waals surface area contributed by atoms with E-state index in [9.17, 15) is 9.59 Å². The van der Waals surface area contributed by atoms with Crippen LogP contribution in [0.1, 0.15) is 27.9 Å². The molecule has 0 aliphatic heterocycles. The quantitative estimate of drug-likeness (QED) is 0.757. The van der Waals surface area contributed by atoms with Crippen molar-refractivity contribution in [1.29, 1.82) is 0 Å². The molecule has 0 fully saturated rings. The summed E-state index contributed by atoms with van der Waals surface area (Å²) in [5, 5.41) is 0. The van der Waals surface area contributed by atoms with E-state index in [1.165, 1.54) is 0 Å². The van der Waals surface area contributed by atoms with E-state index in [0.717, 1.165) is 17.4 Å². The minimum Gasteiger partial charge on any atom is -0.369 e. The first-order valence-electron chi connectivity index (χ1n) is 4.64. The molecule has 78 valence electrons. The molecule has 0 radical (unpaired) electrons. The Labute approximate surface area is 88.6 Å². The first-order valence-corrected chi connectivity index (χ1v) is 4.64. The van der Waals surface area contributed by atoms with Crippen LogP contribution in [0.25, 0.3) is 6.08 Å². The largest absolute Gasteiger partial charge is 0.369 e. The van der Waals surface area contributed by atoms with Gasteiger partial charge in [0, 0.05) is 12.0 Å². The van der Waals surface area contributed by atoms with Gasteiger partial charge in [-0.1, -0.05) is 24.3 Å². The average Bonchev–Trinajstić information content (AvgIpc) is 2.20. The van der Waals surface area contributed by atoms with Crippen molar-refractivity contribution in [3.05, 3.63) is 41.0 Å². The second-order valence-corrected chi connectivity index (χ2v) is 3.31. The summed E-state index contributed by atoms with van der Waals surface area (Å²) in [6, 6.07) is 5.40. The van der Waals surface area contributed by atoms with E-state index in [4.69, 9.17) is 5.73 Å². The summed E-state index contributed by atoms with van der Waals surface area (Å²) in [6.45, 7) is 1.94. The fourth-order valence-corrected chi connectivity index (χ4v) is 1.21. The van der Waals surface area contributed by atoms with Gasteiger partial charge in [0.1, 0.15) is 6.29 Å². The van der Waals surface area contributed by atoms with E-state index in [-0.39, 0.29) is 12.3 Å². The highest BCUT2D eigenvalue weighted by Crippen LogP contribution is 2.12. The van der Waals surface area contributed by atoms with E-state index in [2.05, 4.69) is 0 Å². The molecule has 3 heteroatoms. The second-order valence-electron chi connectivity index (χ2n) is 3.31. The number of aldehydes is 1. The van der Waals surface area contributed by atoms with E-state index in [0.29, 0.717) is 5.56 Å². The third kappa shape index (κ3) is 3.38. The van der Waals surface area contributed by atoms with Gasteiger partial charge in [0.05, 0.1) is 0 Å². The third-order valence-corrected chi connectivity index (χ3v) is 2.06. The zero-order valence-corrected chi connectivity index (χ0v) is 8.57. The maximum atomic E-state index is 10.6. The average molecular weight is 203 g/mol. The molecule has 0 heterocycles. The highest BCUT2D eigenvalue weighted by molar-refractivity contribution is 5.78. The Morgan fingerprint density at radius 2 is 2.20 bits per heavy atom. The highest BCUT2D eigenvalue weighted by atomic mass is 16.1. The molecule has 1 amide bonds. The van der Waals surface area contributed by atoms with Gasteiger partial charge in [-0.25, -0.2) is 0 Å². The molecule has 1 aromatic rings. The molecule has 0 saturated heterocycles. The lowest BCUT2D eigenvalue weighted by atomic mass is 10.0. The van der Waals surface area contributed by atoms with E-state index >= 15 is 0 Å². The van der Waals surface area contributed by atoms with Gasteiger partial charge in [0.25, 0.3) is 0 Å². The number of amides is 1. The summed E-state index contributed by atoms with van der Waals surface area (Å²) >= 11 is 0. The van der Waals surface area contributed by atoms with Gasteiger partial charge in [-0.2, -0.15) is 0 Å². The Morgan fingerprint density at radius 3 is 2.80 bits per heavy atom. The fourth-order valence-electron chi connectivity index (χ4n) is 1.21. The maximum absolute atomic E-state index is 10.6. The number of aryl methyl sites for hydroxylation is 1. The Hall–Kier alpha value is -1.90. The van der Waals surface area contributed by atoms with Crippen molar-refractivity contribution < 1.29 is 9.59 Å². The summed E-state index contributed by atoms with van der Waals surface area (Å²) in [5.41, 5.74) is 7.62. The molecule has 15 heavy (non-hydrogen) atoms. The maximum Gasteiger partial charge on any atom is 0.221 e. The molecule has 0 aromatic heterocycles. The van der Waals surface area contributed by atoms with E-state index < -0.39 is 0 Å². The lowest BCUT2D eigenvalue weighted by Gasteiger charge is -2.00. The first kappa shape index (κ1) is 11.2. The van der Waals surface area contributed by atoms with Crippen LogP contribution in [0.5, 0.6) is 0 Å². The molecule has 3 nitrogen and oxygen atoms in total. The third-order valence-electron chi connectivity index (χ3n) is 2.06. The predicted octanol–water partition coefficient (Wildman–Crippen LogP) is 1.70. The van der Waals surface area contributed by atoms with Crippen LogP contribution in [-0.4, -0.2) is 12.2 Å². The number of hydrogen-bond donors (Lipinski definition) is 1. The van der Waals surface area contributed by atoms with Crippen LogP contribution >= 0.6 is 0 Å². The highest BCUT2D eigenvalue weighted by Gasteiger charge is 1.96. The van der Waals surface area contributed by atoms with Gasteiger partial charge in [-0.3, -0.25) is 9.59 Å². The molecule has 2 N–H and O–H groups in total. The monoisotopic (exact) mass is 203 g/mol. The van der Waals surface area contributed by atoms with Crippen LogP contribution in [-0.2, 0) is 4.79 Å². The molecule has 0 aliphatic carbocycles. The number of hydrogen-bond acceptors (Lipinski definition) is 2. The van der Waals surface area contributed by atoms with Crippen molar-refractivity contribution in [2.45, 2.75) is 13.3 Å². The van der Waals surface area contributed by atoms with Crippen LogP contribution in [0.3, 0.4) is 0 Å². The predicted molar refractivity (Wildman–Crippen MR) is 59.4 cm³/mol. The second kappa shape index (κ2) is 5.10. The lowest BCUT2D eigenvalue weighted by Crippen LogP contribution is -2.07. The Balaban J connectivity index is 2.88. The number of carbonyl (C=O) groups excluding carboxylic acids is 2. The van der Waals surface area contributed by atoms with Gasteiger partial charge in [-0.15, -0.1) is 0 Å². The Bertz CT molecular complexity index is 408. The molecule has 0 aliphatic rings. The van der Waals surface area contributed by atoms with Crippen LogP contribution in [0.15, 0.2) is 24.3 Å². The minimum absolute atomic E-state index is 0.213. The number of benzene rings is 1. The number of rotatable bonds is 4. The van der Waals surface area contributed by atoms with Crippen molar-refractivity contribution in [3.8, 4) is 0 Å². The normalized spacial score (nSPS) is 10.5. The number of carbonyl (C=O) groups is 2. The van der Waals surface area contributed by atoms with Gasteiger partial charge in [0.2, 0.25) is 5.91 Å². The van der Waals surface area contributed by atoms with Crippen molar-refractivity contribution in [2.24, 2.45) is 5.73 Å². The molecule has 1 aromatic carbocycles. The van der Waals surface area contributed by atoms with Crippen molar-refractivity contribution in [1.82, 2.24) is 0 Å². The Morgan fingerprint density at radius 1 is 1.47 bits per heavy atom. The summed E-state index contributed by atoms with van der Waals surface area (Å²) in [4.78, 5) is 21.1. The molecule has 1 rings (SSSR count). The fraction of sp³-hybridized carbons (Fsp3) is 0.167. The lowest BCUT2D eigenvalue weighted by molar-refractivity contribution is -0.117. The summed E-state index contributed by atoms with van der Waals surface area (Å²) in [7, 11) is 0. The molecular formula is C12H13NO2. The van der Waals surface area contributed by atoms with E-state index in [1.54, 1.807) is 24.3 Å². The first-order chi connectivity index (χ1) is 7.13. The van der Waals surface area contributed by atoms with Gasteiger partial charge < -0.3 is 5.73 Å². The van der Waals surface area contributed by atoms with Gasteiger partial charge in [-0.05, 0) is 24.1 Å². The molecule has 0 atom stereocenters. The summed E-state index contributed by atoms with van der Waals surface area (Å²) in [6.07, 6.45) is 4.50. The van der Waals surface area contributed by atoms with Crippen LogP contribution in [0, 0.1) is 6.92 Å². The SMILES string of the molecule is Cc1ccc(C=O)cc1C=CCC(N)=O. The van der Waals surface area contributed by atoms with Crippen molar-refractivity contribution in [3.63, 3.8) is 0 Å². The summed E-state index contributed by atoms with van der Waals surface area (Å²) < 4.78 is 0. The smallest absolute Gasteiger partial charge is 0.221 e. The van der Waals surface area contributed by atoms with Gasteiger partial charge >= 0.3 is 0 Å². The van der Waals surface area contributed by atoms with Crippen molar-refractivity contribution in [2.75, 3.05) is 0 Å². The molecule has 0 bridgehead atoms. The zero-order valence-electron chi connectivity index (χ0n) is 8.57. The number of primary amides is 1. The molecule has 0 unspecified atom stereocenters. The van der Waals surface area contributed by atoms with E-state index in [1.807, 2.05) is 13.0 Å². The number of nitrogens with two attached hydrogens (primary N) is 1. The Kier molecular flexibility index (Phi) is 3.80. The molecular weight excluding hydrogens is 190 g/mol. The van der Waals surface area contributed by atoms with Crippen LogP contribution in [0.2, 0.25) is 0 Å². The van der Waals surface area contributed by atoms with Crippen molar-refractivity contribution >= 4 is 18.3 Å². The van der Waals surface area contributed by atoms with Crippen LogP contribution < -0.4 is 5.73 Å². The molecule has 0 saturated carbocycles. The zero-order chi connectivity index (χ0) is 11.3. The van der Waals surface area contributed by atoms with Crippen LogP contribution in [0.4, 0.5) is 0 Å². The molecule has 0 spiro atoms. The van der Waals surface area contributed by atoms with Gasteiger partial charge in [0.15, 0.2) is 0 Å². The minimum atomic E-state index is -0.365. The topological polar surface area (TPSA) is 60.2 Å².